The van der Waals surface area contributed by atoms with Crippen LogP contribution < -0.4 is 10.9 Å². The number of amides is 1. The molecule has 0 aromatic carbocycles. The van der Waals surface area contributed by atoms with E-state index in [0.717, 1.165) is 6.54 Å². The molecule has 1 fully saturated rings. The molecule has 0 aromatic heterocycles. The minimum absolute atomic E-state index is 0. The molecule has 0 unspecified atom stereocenters. The molecule has 1 aliphatic rings. The van der Waals surface area contributed by atoms with Gasteiger partial charge >= 0.3 is 0 Å². The van der Waals surface area contributed by atoms with Crippen molar-refractivity contribution in [3.05, 3.63) is 0 Å². The normalized spacial score (nSPS) is 18.0. The number of carbonyl (C=O) groups is 1. The molecule has 0 aromatic rings. The van der Waals surface area contributed by atoms with E-state index in [9.17, 15) is 4.79 Å². The molecule has 1 heterocycles. The molecule has 0 bridgehead atoms. The second-order valence-electron chi connectivity index (χ2n) is 1.22. The predicted molar refractivity (Wildman–Crippen MR) is 26.5 cm³/mol. The fourth-order valence-corrected chi connectivity index (χ4v) is 0.400. The SMILES string of the molecule is O=C1CCNN1.[Na]. The third kappa shape index (κ3) is 2.29. The van der Waals surface area contributed by atoms with Crippen LogP contribution in [0.3, 0.4) is 0 Å². The van der Waals surface area contributed by atoms with Crippen molar-refractivity contribution in [2.45, 2.75) is 6.42 Å². The first-order valence-electron chi connectivity index (χ1n) is 1.91. The van der Waals surface area contributed by atoms with Crippen LogP contribution in [0.2, 0.25) is 0 Å². The average Bonchev–Trinajstić information content (AvgIpc) is 1.86. The van der Waals surface area contributed by atoms with Crippen molar-refractivity contribution in [2.75, 3.05) is 6.54 Å². The summed E-state index contributed by atoms with van der Waals surface area (Å²) in [6.45, 7) is 0.777. The molecule has 0 spiro atoms. The van der Waals surface area contributed by atoms with Crippen molar-refractivity contribution < 1.29 is 4.79 Å². The topological polar surface area (TPSA) is 41.1 Å². The van der Waals surface area contributed by atoms with E-state index in [0.29, 0.717) is 6.42 Å². The summed E-state index contributed by atoms with van der Waals surface area (Å²) in [5.74, 6) is 0.0926. The number of carbonyl (C=O) groups excluding carboxylic acids is 1. The molecular formula is C3H6N2NaO. The molecule has 2 N–H and O–H groups in total. The van der Waals surface area contributed by atoms with Gasteiger partial charge in [-0.3, -0.25) is 10.2 Å². The smallest absolute Gasteiger partial charge is 0.235 e. The van der Waals surface area contributed by atoms with E-state index in [1.807, 2.05) is 0 Å². The Balaban J connectivity index is 0.000000360. The zero-order valence-electron chi connectivity index (χ0n) is 4.32. The molecule has 1 aliphatic heterocycles. The van der Waals surface area contributed by atoms with Crippen LogP contribution in [0.4, 0.5) is 0 Å². The van der Waals surface area contributed by atoms with Gasteiger partial charge in [-0.25, -0.2) is 5.43 Å². The molecule has 35 valence electrons. The van der Waals surface area contributed by atoms with Gasteiger partial charge in [0.2, 0.25) is 5.91 Å². The first-order chi connectivity index (χ1) is 2.89. The Labute approximate surface area is 64.1 Å². The summed E-state index contributed by atoms with van der Waals surface area (Å²) < 4.78 is 0. The minimum Gasteiger partial charge on any atom is -0.292 e. The van der Waals surface area contributed by atoms with Crippen molar-refractivity contribution in [1.82, 2.24) is 10.9 Å². The second kappa shape index (κ2) is 3.43. The molecule has 1 saturated heterocycles. The van der Waals surface area contributed by atoms with E-state index in [4.69, 9.17) is 0 Å². The van der Waals surface area contributed by atoms with E-state index < -0.39 is 0 Å². The van der Waals surface area contributed by atoms with E-state index in [2.05, 4.69) is 10.9 Å². The van der Waals surface area contributed by atoms with Gasteiger partial charge < -0.3 is 0 Å². The van der Waals surface area contributed by atoms with Gasteiger partial charge in [0.15, 0.2) is 0 Å². The number of hydrazine groups is 1. The van der Waals surface area contributed by atoms with Gasteiger partial charge in [0.25, 0.3) is 0 Å². The zero-order chi connectivity index (χ0) is 4.41. The molecule has 1 radical (unpaired) electrons. The van der Waals surface area contributed by atoms with Crippen LogP contribution in [0.5, 0.6) is 0 Å². The van der Waals surface area contributed by atoms with Crippen LogP contribution in [-0.2, 0) is 4.79 Å². The van der Waals surface area contributed by atoms with E-state index in [1.54, 1.807) is 0 Å². The van der Waals surface area contributed by atoms with Gasteiger partial charge in [0.1, 0.15) is 0 Å². The van der Waals surface area contributed by atoms with E-state index >= 15 is 0 Å². The molecule has 1 rings (SSSR count). The molecule has 4 heteroatoms. The molecule has 3 nitrogen and oxygen atoms in total. The zero-order valence-corrected chi connectivity index (χ0v) is 6.32. The van der Waals surface area contributed by atoms with Gasteiger partial charge in [-0.05, 0) is 0 Å². The van der Waals surface area contributed by atoms with Crippen molar-refractivity contribution in [3.63, 3.8) is 0 Å². The maximum absolute atomic E-state index is 10.1. The second-order valence-corrected chi connectivity index (χ2v) is 1.22. The van der Waals surface area contributed by atoms with Gasteiger partial charge in [-0.2, -0.15) is 0 Å². The van der Waals surface area contributed by atoms with Gasteiger partial charge in [-0.15, -0.1) is 0 Å². The van der Waals surface area contributed by atoms with Gasteiger partial charge in [0.05, 0.1) is 0 Å². The van der Waals surface area contributed by atoms with Crippen molar-refractivity contribution in [3.8, 4) is 0 Å². The van der Waals surface area contributed by atoms with Crippen LogP contribution >= 0.6 is 0 Å². The van der Waals surface area contributed by atoms with Gasteiger partial charge in [0, 0.05) is 42.5 Å². The summed E-state index contributed by atoms with van der Waals surface area (Å²) in [6, 6.07) is 0. The van der Waals surface area contributed by atoms with Crippen LogP contribution in [-0.4, -0.2) is 42.0 Å². The summed E-state index contributed by atoms with van der Waals surface area (Å²) >= 11 is 0. The average molecular weight is 109 g/mol. The van der Waals surface area contributed by atoms with Crippen LogP contribution in [0.15, 0.2) is 0 Å². The third-order valence-electron chi connectivity index (χ3n) is 0.705. The summed E-state index contributed by atoms with van der Waals surface area (Å²) in [5, 5.41) is 0. The Morgan fingerprint density at radius 1 is 1.57 bits per heavy atom. The van der Waals surface area contributed by atoms with Crippen molar-refractivity contribution in [2.24, 2.45) is 0 Å². The van der Waals surface area contributed by atoms with E-state index in [1.165, 1.54) is 0 Å². The summed E-state index contributed by atoms with van der Waals surface area (Å²) in [6.07, 6.45) is 0.625. The van der Waals surface area contributed by atoms with Crippen LogP contribution in [0.25, 0.3) is 0 Å². The third-order valence-corrected chi connectivity index (χ3v) is 0.705. The molecular weight excluding hydrogens is 103 g/mol. The maximum atomic E-state index is 10.1. The van der Waals surface area contributed by atoms with Gasteiger partial charge in [-0.1, -0.05) is 0 Å². The summed E-state index contributed by atoms with van der Waals surface area (Å²) in [4.78, 5) is 10.1. The largest absolute Gasteiger partial charge is 0.292 e. The first kappa shape index (κ1) is 7.43. The molecule has 7 heavy (non-hydrogen) atoms. The first-order valence-corrected chi connectivity index (χ1v) is 1.91. The molecule has 0 saturated carbocycles. The van der Waals surface area contributed by atoms with E-state index in [-0.39, 0.29) is 35.5 Å². The fraction of sp³-hybridized carbons (Fsp3) is 0.667. The standard InChI is InChI=1S/C3H6N2O.Na/c6-3-1-2-4-5-3;/h4H,1-2H2,(H,5,6);. The summed E-state index contributed by atoms with van der Waals surface area (Å²) in [5.41, 5.74) is 5.10. The van der Waals surface area contributed by atoms with Crippen molar-refractivity contribution in [1.29, 1.82) is 0 Å². The maximum Gasteiger partial charge on any atom is 0.235 e. The molecule has 0 atom stereocenters. The predicted octanol–water partition coefficient (Wildman–Crippen LogP) is -1.37. The van der Waals surface area contributed by atoms with Crippen LogP contribution in [0, 0.1) is 0 Å². The minimum atomic E-state index is 0. The van der Waals surface area contributed by atoms with Crippen LogP contribution in [0.1, 0.15) is 6.42 Å². The number of hydrogen-bond acceptors (Lipinski definition) is 2. The fourth-order valence-electron chi connectivity index (χ4n) is 0.400. The Hall–Kier alpha value is 0.430. The molecule has 1 amide bonds. The molecule has 0 aliphatic carbocycles. The van der Waals surface area contributed by atoms with Crippen molar-refractivity contribution >= 4 is 35.5 Å². The summed E-state index contributed by atoms with van der Waals surface area (Å²) in [7, 11) is 0. The Kier molecular flexibility index (Phi) is 3.65. The number of nitrogens with one attached hydrogen (secondary N) is 2. The number of hydrogen-bond donors (Lipinski definition) is 2. The Bertz CT molecular complexity index is 67.3. The number of rotatable bonds is 0. The Morgan fingerprint density at radius 3 is 2.43 bits per heavy atom. The quantitative estimate of drug-likeness (QED) is 0.377. The monoisotopic (exact) mass is 109 g/mol. The Morgan fingerprint density at radius 2 is 2.29 bits per heavy atom.